The molecule has 0 radical (unpaired) electrons. The number of benzene rings is 1. The molecule has 1 aromatic heterocycles. The van der Waals surface area contributed by atoms with Gasteiger partial charge in [0.1, 0.15) is 0 Å². The highest BCUT2D eigenvalue weighted by Crippen LogP contribution is 2.58. The van der Waals surface area contributed by atoms with E-state index in [0.717, 1.165) is 5.56 Å². The van der Waals surface area contributed by atoms with Gasteiger partial charge in [0.15, 0.2) is 0 Å². The lowest BCUT2D eigenvalue weighted by Gasteiger charge is -2.38. The van der Waals surface area contributed by atoms with Crippen LogP contribution in [0.2, 0.25) is 0 Å². The molecule has 0 saturated carbocycles. The lowest BCUT2D eigenvalue weighted by atomic mass is 9.80. The van der Waals surface area contributed by atoms with Gasteiger partial charge in [0.2, 0.25) is 7.37 Å². The van der Waals surface area contributed by atoms with E-state index in [1.54, 1.807) is 35.6 Å². The van der Waals surface area contributed by atoms with Gasteiger partial charge in [0.25, 0.3) is 0 Å². The van der Waals surface area contributed by atoms with Crippen molar-refractivity contribution in [3.8, 4) is 0 Å². The summed E-state index contributed by atoms with van der Waals surface area (Å²) in [7, 11) is -3.72. The second kappa shape index (κ2) is 7.86. The first kappa shape index (κ1) is 19.9. The van der Waals surface area contributed by atoms with Crippen molar-refractivity contribution in [1.29, 1.82) is 0 Å². The van der Waals surface area contributed by atoms with E-state index in [9.17, 15) is 19.4 Å². The van der Waals surface area contributed by atoms with Gasteiger partial charge in [-0.25, -0.2) is 0 Å². The number of rotatable bonds is 7. The van der Waals surface area contributed by atoms with Gasteiger partial charge < -0.3 is 10.00 Å². The lowest BCUT2D eigenvalue weighted by molar-refractivity contribution is -0.139. The van der Waals surface area contributed by atoms with Crippen LogP contribution in [0, 0.1) is 5.41 Å². The average Bonchev–Trinajstić information content (AvgIpc) is 3.03. The Morgan fingerprint density at radius 1 is 1.20 bits per heavy atom. The van der Waals surface area contributed by atoms with E-state index in [1.807, 2.05) is 43.7 Å². The van der Waals surface area contributed by atoms with Crippen LogP contribution in [0.25, 0.3) is 0 Å². The molecule has 0 aliphatic rings. The maximum absolute atomic E-state index is 13.3. The summed E-state index contributed by atoms with van der Waals surface area (Å²) in [6.07, 6.45) is 0.563. The van der Waals surface area contributed by atoms with E-state index in [1.165, 1.54) is 0 Å². The van der Waals surface area contributed by atoms with Crippen LogP contribution < -0.4 is 0 Å². The highest BCUT2D eigenvalue weighted by Gasteiger charge is 2.48. The number of carboxylic acids is 1. The van der Waals surface area contributed by atoms with Gasteiger partial charge in [0, 0.05) is 6.16 Å². The Balaban J connectivity index is 2.39. The van der Waals surface area contributed by atoms with Crippen LogP contribution in [0.4, 0.5) is 0 Å². The Labute approximate surface area is 153 Å². The molecule has 3 atom stereocenters. The van der Waals surface area contributed by atoms with E-state index in [2.05, 4.69) is 0 Å². The summed E-state index contributed by atoms with van der Waals surface area (Å²) in [5.41, 5.74) is 0.0921. The summed E-state index contributed by atoms with van der Waals surface area (Å²) in [4.78, 5) is 22.9. The molecule has 0 aliphatic carbocycles. The quantitative estimate of drug-likeness (QED) is 0.674. The SMILES string of the molecule is CC(C)(C)C(C(C(=O)O)c1ccccc1)P(=O)(O)CCc1ccsc1. The van der Waals surface area contributed by atoms with Crippen LogP contribution in [0.15, 0.2) is 47.2 Å². The zero-order valence-corrected chi connectivity index (χ0v) is 16.5. The fourth-order valence-electron chi connectivity index (χ4n) is 3.32. The Morgan fingerprint density at radius 3 is 2.32 bits per heavy atom. The van der Waals surface area contributed by atoms with Crippen molar-refractivity contribution < 1.29 is 19.4 Å². The normalized spacial score (nSPS) is 16.8. The molecule has 2 N–H and O–H groups in total. The van der Waals surface area contributed by atoms with Crippen molar-refractivity contribution in [3.05, 3.63) is 58.3 Å². The van der Waals surface area contributed by atoms with Gasteiger partial charge in [-0.15, -0.1) is 0 Å². The molecule has 136 valence electrons. The first-order valence-electron chi connectivity index (χ1n) is 8.23. The topological polar surface area (TPSA) is 74.6 Å². The Bertz CT molecular complexity index is 735. The van der Waals surface area contributed by atoms with E-state index in [0.29, 0.717) is 12.0 Å². The number of carboxylic acid groups (broad SMARTS) is 1. The van der Waals surface area contributed by atoms with Gasteiger partial charge >= 0.3 is 5.97 Å². The van der Waals surface area contributed by atoms with Crippen molar-refractivity contribution in [2.75, 3.05) is 6.16 Å². The molecule has 0 amide bonds. The first-order chi connectivity index (χ1) is 11.6. The van der Waals surface area contributed by atoms with Gasteiger partial charge in [0.05, 0.1) is 11.6 Å². The molecule has 2 rings (SSSR count). The van der Waals surface area contributed by atoms with Crippen LogP contribution in [0.3, 0.4) is 0 Å². The summed E-state index contributed by atoms with van der Waals surface area (Å²) in [6, 6.07) is 10.7. The number of hydrogen-bond acceptors (Lipinski definition) is 3. The molecule has 0 fully saturated rings. The Hall–Kier alpha value is -1.42. The number of aliphatic carboxylic acids is 1. The van der Waals surface area contributed by atoms with E-state index in [4.69, 9.17) is 0 Å². The minimum absolute atomic E-state index is 0.0856. The van der Waals surface area contributed by atoms with Gasteiger partial charge in [-0.05, 0) is 39.8 Å². The molecule has 4 nitrogen and oxygen atoms in total. The van der Waals surface area contributed by atoms with Crippen LogP contribution in [0.5, 0.6) is 0 Å². The summed E-state index contributed by atoms with van der Waals surface area (Å²) in [5, 5.41) is 13.7. The summed E-state index contributed by atoms with van der Waals surface area (Å²) < 4.78 is 13.3. The van der Waals surface area contributed by atoms with E-state index in [-0.39, 0.29) is 6.16 Å². The number of hydrogen-bond donors (Lipinski definition) is 2. The predicted octanol–water partition coefficient (Wildman–Crippen LogP) is 4.84. The predicted molar refractivity (Wildman–Crippen MR) is 103 cm³/mol. The number of aryl methyl sites for hydroxylation is 1. The fraction of sp³-hybridized carbons (Fsp3) is 0.421. The first-order valence-corrected chi connectivity index (χ1v) is 11.1. The highest BCUT2D eigenvalue weighted by molar-refractivity contribution is 7.58. The summed E-state index contributed by atoms with van der Waals surface area (Å²) >= 11 is 1.55. The molecule has 0 bridgehead atoms. The molecule has 0 spiro atoms. The van der Waals surface area contributed by atoms with E-state index < -0.39 is 30.3 Å². The Kier molecular flexibility index (Phi) is 6.26. The smallest absolute Gasteiger partial charge is 0.311 e. The summed E-state index contributed by atoms with van der Waals surface area (Å²) in [5.74, 6) is -2.07. The summed E-state index contributed by atoms with van der Waals surface area (Å²) in [6.45, 7) is 5.51. The molecule has 25 heavy (non-hydrogen) atoms. The van der Waals surface area contributed by atoms with Crippen LogP contribution in [0.1, 0.15) is 37.8 Å². The molecule has 1 heterocycles. The third kappa shape index (κ3) is 5.04. The highest BCUT2D eigenvalue weighted by atomic mass is 32.1. The lowest BCUT2D eigenvalue weighted by Crippen LogP contribution is -2.37. The standard InChI is InChI=1S/C19H25O4PS/c1-19(2,3)17(16(18(20)21)15-7-5-4-6-8-15)24(22,23)11-9-14-10-12-25-13-14/h4-8,10,12-13,16-17H,9,11H2,1-3H3,(H,20,21)(H,22,23). The number of carbonyl (C=O) groups is 1. The average molecular weight is 380 g/mol. The molecule has 3 unspecified atom stereocenters. The van der Waals surface area contributed by atoms with Gasteiger partial charge in [-0.1, -0.05) is 51.1 Å². The second-order valence-corrected chi connectivity index (χ2v) is 10.7. The maximum Gasteiger partial charge on any atom is 0.311 e. The minimum Gasteiger partial charge on any atom is -0.481 e. The van der Waals surface area contributed by atoms with Crippen molar-refractivity contribution in [3.63, 3.8) is 0 Å². The second-order valence-electron chi connectivity index (χ2n) is 7.40. The van der Waals surface area contributed by atoms with Gasteiger partial charge in [-0.2, -0.15) is 11.3 Å². The number of thiophene rings is 1. The Morgan fingerprint density at radius 2 is 1.84 bits per heavy atom. The van der Waals surface area contributed by atoms with Crippen molar-refractivity contribution in [1.82, 2.24) is 0 Å². The molecule has 0 aliphatic heterocycles. The molecule has 1 aromatic carbocycles. The molecule has 0 saturated heterocycles. The molecular formula is C19H25O4PS. The molecule has 2 aromatic rings. The maximum atomic E-state index is 13.3. The van der Waals surface area contributed by atoms with Crippen molar-refractivity contribution in [2.45, 2.75) is 38.8 Å². The van der Waals surface area contributed by atoms with Crippen LogP contribution in [-0.4, -0.2) is 27.8 Å². The van der Waals surface area contributed by atoms with Crippen molar-refractivity contribution in [2.24, 2.45) is 5.41 Å². The van der Waals surface area contributed by atoms with Crippen molar-refractivity contribution >= 4 is 24.7 Å². The fourth-order valence-corrected chi connectivity index (χ4v) is 6.86. The third-order valence-corrected chi connectivity index (χ3v) is 7.90. The van der Waals surface area contributed by atoms with Crippen LogP contribution >= 0.6 is 18.7 Å². The largest absolute Gasteiger partial charge is 0.481 e. The third-order valence-electron chi connectivity index (χ3n) is 4.36. The molecule has 6 heteroatoms. The van der Waals surface area contributed by atoms with Gasteiger partial charge in [-0.3, -0.25) is 9.36 Å². The zero-order chi connectivity index (χ0) is 18.7. The van der Waals surface area contributed by atoms with E-state index >= 15 is 0 Å². The zero-order valence-electron chi connectivity index (χ0n) is 14.8. The monoisotopic (exact) mass is 380 g/mol. The molecular weight excluding hydrogens is 355 g/mol. The minimum atomic E-state index is -3.72. The van der Waals surface area contributed by atoms with Crippen LogP contribution in [-0.2, 0) is 15.8 Å².